The van der Waals surface area contributed by atoms with E-state index in [2.05, 4.69) is 10.4 Å². The largest absolute Gasteiger partial charge is 0.478 e. The Bertz CT molecular complexity index is 722. The van der Waals surface area contributed by atoms with E-state index in [0.29, 0.717) is 0 Å². The molecule has 1 aromatic carbocycles. The number of aryl methyl sites for hydroxylation is 1. The predicted molar refractivity (Wildman–Crippen MR) is 74.2 cm³/mol. The fourth-order valence-electron chi connectivity index (χ4n) is 1.67. The second kappa shape index (κ2) is 6.00. The maximum Gasteiger partial charge on any atom is 0.337 e. The summed E-state index contributed by atoms with van der Waals surface area (Å²) >= 11 is 0. The van der Waals surface area contributed by atoms with Gasteiger partial charge in [0.25, 0.3) is 0 Å². The van der Waals surface area contributed by atoms with Gasteiger partial charge in [0.15, 0.2) is 0 Å². The molecule has 0 aliphatic heterocycles. The molecule has 6 nitrogen and oxygen atoms in total. The summed E-state index contributed by atoms with van der Waals surface area (Å²) in [5, 5.41) is 15.3. The number of carboxylic acids is 1. The zero-order valence-electron chi connectivity index (χ0n) is 11.1. The molecule has 2 aromatic rings. The maximum absolute atomic E-state index is 13.0. The zero-order valence-corrected chi connectivity index (χ0v) is 11.1. The quantitative estimate of drug-likeness (QED) is 0.842. The molecule has 1 aromatic heterocycles. The first kappa shape index (κ1) is 14.4. The molecule has 0 saturated carbocycles. The number of carbonyl (C=O) groups is 2. The SMILES string of the molecule is Cn1cc(/C=C/C(=O)Nc2ccc(F)cc2C(=O)O)cn1. The zero-order chi connectivity index (χ0) is 15.4. The van der Waals surface area contributed by atoms with E-state index in [4.69, 9.17) is 5.11 Å². The molecule has 7 heteroatoms. The van der Waals surface area contributed by atoms with Crippen LogP contribution in [-0.2, 0) is 11.8 Å². The minimum Gasteiger partial charge on any atom is -0.478 e. The Kier molecular flexibility index (Phi) is 4.13. The monoisotopic (exact) mass is 289 g/mol. The van der Waals surface area contributed by atoms with E-state index in [1.807, 2.05) is 0 Å². The predicted octanol–water partition coefficient (Wildman–Crippen LogP) is 1.91. The summed E-state index contributed by atoms with van der Waals surface area (Å²) in [6.45, 7) is 0. The van der Waals surface area contributed by atoms with Crippen molar-refractivity contribution >= 4 is 23.6 Å². The van der Waals surface area contributed by atoms with Gasteiger partial charge in [0, 0.05) is 24.9 Å². The van der Waals surface area contributed by atoms with Gasteiger partial charge in [0.2, 0.25) is 5.91 Å². The van der Waals surface area contributed by atoms with Crippen LogP contribution in [-0.4, -0.2) is 26.8 Å². The first-order valence-corrected chi connectivity index (χ1v) is 5.96. The number of benzene rings is 1. The molecule has 0 unspecified atom stereocenters. The van der Waals surface area contributed by atoms with E-state index in [1.54, 1.807) is 24.1 Å². The summed E-state index contributed by atoms with van der Waals surface area (Å²) in [5.74, 6) is -2.52. The number of aromatic carboxylic acids is 1. The second-order valence-corrected chi connectivity index (χ2v) is 4.26. The summed E-state index contributed by atoms with van der Waals surface area (Å²) in [6.07, 6.45) is 6.06. The molecule has 21 heavy (non-hydrogen) atoms. The minimum absolute atomic E-state index is 0.0322. The fourth-order valence-corrected chi connectivity index (χ4v) is 1.67. The standard InChI is InChI=1S/C14H12FN3O3/c1-18-8-9(7-16-18)2-5-13(19)17-12-4-3-10(15)6-11(12)14(20)21/h2-8H,1H3,(H,17,19)(H,20,21)/b5-2+. The minimum atomic E-state index is -1.32. The number of rotatable bonds is 4. The van der Waals surface area contributed by atoms with Crippen molar-refractivity contribution < 1.29 is 19.1 Å². The molecule has 2 rings (SSSR count). The second-order valence-electron chi connectivity index (χ2n) is 4.26. The lowest BCUT2D eigenvalue weighted by atomic mass is 10.1. The van der Waals surface area contributed by atoms with Crippen LogP contribution in [0.1, 0.15) is 15.9 Å². The molecule has 0 saturated heterocycles. The van der Waals surface area contributed by atoms with E-state index < -0.39 is 17.7 Å². The Balaban J connectivity index is 2.13. The molecule has 0 atom stereocenters. The number of carboxylic acid groups (broad SMARTS) is 1. The van der Waals surface area contributed by atoms with Crippen LogP contribution in [0.4, 0.5) is 10.1 Å². The molecule has 1 heterocycles. The van der Waals surface area contributed by atoms with Crippen molar-refractivity contribution in [3.05, 3.63) is 53.6 Å². The van der Waals surface area contributed by atoms with E-state index in [1.165, 1.54) is 18.2 Å². The third kappa shape index (κ3) is 3.75. The number of halogens is 1. The highest BCUT2D eigenvalue weighted by molar-refractivity contribution is 6.06. The lowest BCUT2D eigenvalue weighted by molar-refractivity contribution is -0.111. The van der Waals surface area contributed by atoms with Crippen LogP contribution in [0.25, 0.3) is 6.08 Å². The number of nitrogens with one attached hydrogen (secondary N) is 1. The van der Waals surface area contributed by atoms with Crippen LogP contribution in [0.5, 0.6) is 0 Å². The van der Waals surface area contributed by atoms with Crippen LogP contribution in [0.15, 0.2) is 36.7 Å². The van der Waals surface area contributed by atoms with Crippen LogP contribution in [0.2, 0.25) is 0 Å². The molecule has 1 amide bonds. The molecule has 0 aliphatic rings. The van der Waals surface area contributed by atoms with Crippen molar-refractivity contribution in [1.29, 1.82) is 0 Å². The molecule has 0 fully saturated rings. The first-order valence-electron chi connectivity index (χ1n) is 5.96. The topological polar surface area (TPSA) is 84.2 Å². The molecular formula is C14H12FN3O3. The average molecular weight is 289 g/mol. The van der Waals surface area contributed by atoms with Crippen molar-refractivity contribution in [3.8, 4) is 0 Å². The number of anilines is 1. The van der Waals surface area contributed by atoms with Crippen LogP contribution < -0.4 is 5.32 Å². The van der Waals surface area contributed by atoms with Gasteiger partial charge in [-0.25, -0.2) is 9.18 Å². The highest BCUT2D eigenvalue weighted by Crippen LogP contribution is 2.17. The molecule has 2 N–H and O–H groups in total. The number of carbonyl (C=O) groups excluding carboxylic acids is 1. The Morgan fingerprint density at radius 3 is 2.81 bits per heavy atom. The third-order valence-electron chi connectivity index (χ3n) is 2.62. The van der Waals surface area contributed by atoms with Gasteiger partial charge in [-0.15, -0.1) is 0 Å². The Labute approximate surface area is 119 Å². The number of hydrogen-bond donors (Lipinski definition) is 2. The van der Waals surface area contributed by atoms with Gasteiger partial charge in [-0.1, -0.05) is 0 Å². The van der Waals surface area contributed by atoms with Crippen molar-refractivity contribution in [2.45, 2.75) is 0 Å². The average Bonchev–Trinajstić information content (AvgIpc) is 2.84. The summed E-state index contributed by atoms with van der Waals surface area (Å²) in [4.78, 5) is 22.7. The first-order chi connectivity index (χ1) is 9.95. The Hall–Kier alpha value is -2.96. The summed E-state index contributed by atoms with van der Waals surface area (Å²) in [5.41, 5.74) is 0.452. The summed E-state index contributed by atoms with van der Waals surface area (Å²) < 4.78 is 14.6. The third-order valence-corrected chi connectivity index (χ3v) is 2.62. The van der Waals surface area contributed by atoms with Crippen LogP contribution in [0, 0.1) is 5.82 Å². The lowest BCUT2D eigenvalue weighted by Crippen LogP contribution is -2.12. The Morgan fingerprint density at radius 1 is 1.43 bits per heavy atom. The lowest BCUT2D eigenvalue weighted by Gasteiger charge is -2.06. The summed E-state index contributed by atoms with van der Waals surface area (Å²) in [6, 6.07) is 3.13. The van der Waals surface area contributed by atoms with Gasteiger partial charge >= 0.3 is 5.97 Å². The van der Waals surface area contributed by atoms with Gasteiger partial charge in [-0.2, -0.15) is 5.10 Å². The highest BCUT2D eigenvalue weighted by atomic mass is 19.1. The van der Waals surface area contributed by atoms with Gasteiger partial charge in [0.05, 0.1) is 17.4 Å². The number of amides is 1. The maximum atomic E-state index is 13.0. The van der Waals surface area contributed by atoms with Crippen LogP contribution in [0.3, 0.4) is 0 Å². The van der Waals surface area contributed by atoms with Gasteiger partial charge in [0.1, 0.15) is 5.82 Å². The molecule has 0 aliphatic carbocycles. The number of aromatic nitrogens is 2. The van der Waals surface area contributed by atoms with E-state index in [0.717, 1.165) is 17.7 Å². The summed E-state index contributed by atoms with van der Waals surface area (Å²) in [7, 11) is 1.75. The van der Waals surface area contributed by atoms with Crippen molar-refractivity contribution in [1.82, 2.24) is 9.78 Å². The van der Waals surface area contributed by atoms with Gasteiger partial charge in [-0.3, -0.25) is 9.48 Å². The fraction of sp³-hybridized carbons (Fsp3) is 0.0714. The molecular weight excluding hydrogens is 277 g/mol. The molecule has 0 radical (unpaired) electrons. The molecule has 0 spiro atoms. The Morgan fingerprint density at radius 2 is 2.19 bits per heavy atom. The smallest absolute Gasteiger partial charge is 0.337 e. The molecule has 108 valence electrons. The van der Waals surface area contributed by atoms with Crippen molar-refractivity contribution in [3.63, 3.8) is 0 Å². The van der Waals surface area contributed by atoms with Crippen molar-refractivity contribution in [2.75, 3.05) is 5.32 Å². The number of hydrogen-bond acceptors (Lipinski definition) is 3. The van der Waals surface area contributed by atoms with Gasteiger partial charge in [-0.05, 0) is 24.3 Å². The molecule has 0 bridgehead atoms. The normalized spacial score (nSPS) is 10.8. The van der Waals surface area contributed by atoms with E-state index in [9.17, 15) is 14.0 Å². The van der Waals surface area contributed by atoms with Gasteiger partial charge < -0.3 is 10.4 Å². The number of nitrogens with zero attached hydrogens (tertiary/aromatic N) is 2. The van der Waals surface area contributed by atoms with E-state index >= 15 is 0 Å². The highest BCUT2D eigenvalue weighted by Gasteiger charge is 2.12. The van der Waals surface area contributed by atoms with Crippen LogP contribution >= 0.6 is 0 Å². The van der Waals surface area contributed by atoms with E-state index in [-0.39, 0.29) is 11.3 Å². The van der Waals surface area contributed by atoms with Crippen molar-refractivity contribution in [2.24, 2.45) is 7.05 Å².